The molecule has 1 aliphatic carbocycles. The molecule has 2 aromatic carbocycles. The van der Waals surface area contributed by atoms with E-state index in [0.717, 1.165) is 32.2 Å². The molecule has 0 saturated carbocycles. The van der Waals surface area contributed by atoms with Crippen molar-refractivity contribution in [3.63, 3.8) is 0 Å². The third-order valence-electron chi connectivity index (χ3n) is 4.66. The van der Waals surface area contributed by atoms with E-state index in [1.165, 1.54) is 5.56 Å². The first-order valence-corrected chi connectivity index (χ1v) is 8.87. The third kappa shape index (κ3) is 2.20. The quantitative estimate of drug-likeness (QED) is 0.538. The highest BCUT2D eigenvalue weighted by atomic mass is 79.9. The Morgan fingerprint density at radius 3 is 2.55 bits per heavy atom. The SMILES string of the molecule is Clc1cccc(Cl)c1C1Nc2c(Br)cccc2C2C=CCC21. The first kappa shape index (κ1) is 14.6. The second-order valence-corrected chi connectivity index (χ2v) is 7.48. The normalized spacial score (nSPS) is 25.5. The molecule has 0 saturated heterocycles. The predicted molar refractivity (Wildman–Crippen MR) is 97.0 cm³/mol. The van der Waals surface area contributed by atoms with Gasteiger partial charge in [-0.05, 0) is 52.0 Å². The first-order chi connectivity index (χ1) is 10.7. The molecule has 0 spiro atoms. The molecule has 0 fully saturated rings. The zero-order chi connectivity index (χ0) is 15.3. The monoisotopic (exact) mass is 393 g/mol. The standard InChI is InChI=1S/C18H14BrCl2N/c19-13-7-2-6-11-10-4-1-5-12(10)18(22-17(11)13)16-14(20)8-3-9-15(16)21/h1-4,6-10,12,18,22H,5H2. The van der Waals surface area contributed by atoms with Crippen LogP contribution in [0.2, 0.25) is 10.0 Å². The largest absolute Gasteiger partial charge is 0.377 e. The molecular formula is C18H14BrCl2N. The summed E-state index contributed by atoms with van der Waals surface area (Å²) in [6, 6.07) is 12.2. The molecule has 4 heteroatoms. The smallest absolute Gasteiger partial charge is 0.0583 e. The van der Waals surface area contributed by atoms with Gasteiger partial charge in [0.2, 0.25) is 0 Å². The minimum absolute atomic E-state index is 0.118. The van der Waals surface area contributed by atoms with E-state index >= 15 is 0 Å². The number of rotatable bonds is 1. The molecule has 3 unspecified atom stereocenters. The van der Waals surface area contributed by atoms with Crippen LogP contribution in [0, 0.1) is 5.92 Å². The van der Waals surface area contributed by atoms with E-state index in [9.17, 15) is 0 Å². The van der Waals surface area contributed by atoms with E-state index in [4.69, 9.17) is 23.2 Å². The molecule has 4 rings (SSSR count). The molecule has 1 N–H and O–H groups in total. The van der Waals surface area contributed by atoms with Gasteiger partial charge < -0.3 is 5.32 Å². The molecule has 2 aromatic rings. The Hall–Kier alpha value is -0.960. The summed E-state index contributed by atoms with van der Waals surface area (Å²) in [5, 5.41) is 5.13. The zero-order valence-electron chi connectivity index (χ0n) is 11.7. The molecule has 2 aliphatic rings. The Morgan fingerprint density at radius 2 is 1.77 bits per heavy atom. The number of nitrogens with one attached hydrogen (secondary N) is 1. The van der Waals surface area contributed by atoms with E-state index < -0.39 is 0 Å². The number of hydrogen-bond acceptors (Lipinski definition) is 1. The number of halogens is 3. The molecule has 112 valence electrons. The lowest BCUT2D eigenvalue weighted by molar-refractivity contribution is 0.425. The van der Waals surface area contributed by atoms with Crippen molar-refractivity contribution >= 4 is 44.8 Å². The molecule has 1 heterocycles. The van der Waals surface area contributed by atoms with Crippen LogP contribution in [-0.4, -0.2) is 0 Å². The average Bonchev–Trinajstić information content (AvgIpc) is 2.98. The van der Waals surface area contributed by atoms with Gasteiger partial charge in [-0.3, -0.25) is 0 Å². The van der Waals surface area contributed by atoms with Gasteiger partial charge >= 0.3 is 0 Å². The minimum Gasteiger partial charge on any atom is -0.377 e. The lowest BCUT2D eigenvalue weighted by atomic mass is 9.77. The first-order valence-electron chi connectivity index (χ1n) is 7.32. The van der Waals surface area contributed by atoms with E-state index in [1.54, 1.807) is 0 Å². The van der Waals surface area contributed by atoms with E-state index in [0.29, 0.717) is 11.8 Å². The highest BCUT2D eigenvalue weighted by Gasteiger charge is 2.39. The van der Waals surface area contributed by atoms with Crippen molar-refractivity contribution in [1.29, 1.82) is 0 Å². The van der Waals surface area contributed by atoms with Crippen molar-refractivity contribution in [2.75, 3.05) is 5.32 Å². The van der Waals surface area contributed by atoms with Gasteiger partial charge in [0.05, 0.1) is 11.7 Å². The summed E-state index contributed by atoms with van der Waals surface area (Å²) in [4.78, 5) is 0. The Bertz CT molecular complexity index is 751. The minimum atomic E-state index is 0.118. The Morgan fingerprint density at radius 1 is 1.05 bits per heavy atom. The van der Waals surface area contributed by atoms with Crippen LogP contribution in [0.5, 0.6) is 0 Å². The van der Waals surface area contributed by atoms with Crippen molar-refractivity contribution in [2.24, 2.45) is 5.92 Å². The second-order valence-electron chi connectivity index (χ2n) is 5.81. The number of benzene rings is 2. The van der Waals surface area contributed by atoms with Crippen LogP contribution in [0.3, 0.4) is 0 Å². The maximum absolute atomic E-state index is 6.46. The van der Waals surface area contributed by atoms with Crippen LogP contribution in [0.15, 0.2) is 53.0 Å². The van der Waals surface area contributed by atoms with E-state index in [1.807, 2.05) is 18.2 Å². The fourth-order valence-electron chi connectivity index (χ4n) is 3.68. The van der Waals surface area contributed by atoms with Gasteiger partial charge in [0.15, 0.2) is 0 Å². The summed E-state index contributed by atoms with van der Waals surface area (Å²) in [5.41, 5.74) is 3.50. The highest BCUT2D eigenvalue weighted by Crippen LogP contribution is 2.53. The molecule has 0 amide bonds. The molecule has 3 atom stereocenters. The third-order valence-corrected chi connectivity index (χ3v) is 5.98. The molecule has 22 heavy (non-hydrogen) atoms. The molecule has 0 aromatic heterocycles. The van der Waals surface area contributed by atoms with E-state index in [-0.39, 0.29) is 6.04 Å². The summed E-state index contributed by atoms with van der Waals surface area (Å²) in [6.45, 7) is 0. The van der Waals surface area contributed by atoms with Gasteiger partial charge in [0.25, 0.3) is 0 Å². The fourth-order valence-corrected chi connectivity index (χ4v) is 4.81. The zero-order valence-corrected chi connectivity index (χ0v) is 14.8. The molecule has 1 aliphatic heterocycles. The van der Waals surface area contributed by atoms with Crippen LogP contribution >= 0.6 is 39.1 Å². The topological polar surface area (TPSA) is 12.0 Å². The Balaban J connectivity index is 1.88. The Kier molecular flexibility index (Phi) is 3.72. The second kappa shape index (κ2) is 5.59. The molecule has 0 bridgehead atoms. The summed E-state index contributed by atoms with van der Waals surface area (Å²) < 4.78 is 1.08. The van der Waals surface area contributed by atoms with Crippen LogP contribution in [0.1, 0.15) is 29.5 Å². The number of anilines is 1. The average molecular weight is 395 g/mol. The van der Waals surface area contributed by atoms with Crippen molar-refractivity contribution < 1.29 is 0 Å². The highest BCUT2D eigenvalue weighted by molar-refractivity contribution is 9.10. The summed E-state index contributed by atoms with van der Waals surface area (Å²) in [5.74, 6) is 0.852. The fraction of sp³-hybridized carbons (Fsp3) is 0.222. The van der Waals surface area contributed by atoms with Gasteiger partial charge in [-0.25, -0.2) is 0 Å². The van der Waals surface area contributed by atoms with Gasteiger partial charge in [-0.15, -0.1) is 0 Å². The van der Waals surface area contributed by atoms with Crippen molar-refractivity contribution in [2.45, 2.75) is 18.4 Å². The maximum atomic E-state index is 6.46. The van der Waals surface area contributed by atoms with Gasteiger partial charge in [-0.1, -0.05) is 53.6 Å². The lowest BCUT2D eigenvalue weighted by Gasteiger charge is -2.38. The number of allylic oxidation sites excluding steroid dienone is 2. The van der Waals surface area contributed by atoms with Crippen molar-refractivity contribution in [1.82, 2.24) is 0 Å². The van der Waals surface area contributed by atoms with Crippen LogP contribution in [-0.2, 0) is 0 Å². The number of para-hydroxylation sites is 1. The lowest BCUT2D eigenvalue weighted by Crippen LogP contribution is -2.29. The molecule has 1 nitrogen and oxygen atoms in total. The predicted octanol–water partition coefficient (Wildman–Crippen LogP) is 6.58. The summed E-state index contributed by atoms with van der Waals surface area (Å²) >= 11 is 16.6. The van der Waals surface area contributed by atoms with Gasteiger partial charge in [-0.2, -0.15) is 0 Å². The number of hydrogen-bond donors (Lipinski definition) is 1. The Labute approximate surface area is 148 Å². The van der Waals surface area contributed by atoms with Crippen LogP contribution < -0.4 is 5.32 Å². The molecular weight excluding hydrogens is 381 g/mol. The van der Waals surface area contributed by atoms with Crippen molar-refractivity contribution in [3.05, 3.63) is 74.2 Å². The van der Waals surface area contributed by atoms with Crippen LogP contribution in [0.25, 0.3) is 0 Å². The summed E-state index contributed by atoms with van der Waals surface area (Å²) in [7, 11) is 0. The maximum Gasteiger partial charge on any atom is 0.0583 e. The van der Waals surface area contributed by atoms with Crippen molar-refractivity contribution in [3.8, 4) is 0 Å². The molecule has 0 radical (unpaired) electrons. The summed E-state index contributed by atoms with van der Waals surface area (Å²) in [6.07, 6.45) is 5.62. The van der Waals surface area contributed by atoms with E-state index in [2.05, 4.69) is 51.6 Å². The van der Waals surface area contributed by atoms with Gasteiger partial charge in [0.1, 0.15) is 0 Å². The van der Waals surface area contributed by atoms with Gasteiger partial charge in [0, 0.05) is 26.0 Å². The van der Waals surface area contributed by atoms with Crippen LogP contribution in [0.4, 0.5) is 5.69 Å². The number of fused-ring (bicyclic) bond motifs is 3.